The van der Waals surface area contributed by atoms with Crippen molar-refractivity contribution in [3.8, 4) is 0 Å². The van der Waals surface area contributed by atoms with E-state index in [9.17, 15) is 9.59 Å². The van der Waals surface area contributed by atoms with Gasteiger partial charge in [-0.2, -0.15) is 0 Å². The molecule has 0 bridgehead atoms. The highest BCUT2D eigenvalue weighted by atomic mass is 35.5. The van der Waals surface area contributed by atoms with Crippen LogP contribution in [0.2, 0.25) is 10.0 Å². The van der Waals surface area contributed by atoms with Crippen molar-refractivity contribution in [2.45, 2.75) is 20.4 Å². The Balaban J connectivity index is 2.42. The predicted molar refractivity (Wildman–Crippen MR) is 93.7 cm³/mol. The van der Waals surface area contributed by atoms with E-state index in [2.05, 4.69) is 5.32 Å². The molecule has 0 aromatic heterocycles. The van der Waals surface area contributed by atoms with E-state index >= 15 is 0 Å². The summed E-state index contributed by atoms with van der Waals surface area (Å²) in [7, 11) is 1.75. The van der Waals surface area contributed by atoms with E-state index in [1.807, 2.05) is 13.8 Å². The highest BCUT2D eigenvalue weighted by molar-refractivity contribution is 6.35. The SMILES string of the molecule is CCN(CC)C(=O)CN(C)CC(=O)NCc1ccc(Cl)cc1Cl. The Morgan fingerprint density at radius 1 is 1.13 bits per heavy atom. The van der Waals surface area contributed by atoms with Gasteiger partial charge in [0.25, 0.3) is 0 Å². The molecule has 0 saturated carbocycles. The fourth-order valence-corrected chi connectivity index (χ4v) is 2.60. The van der Waals surface area contributed by atoms with Gasteiger partial charge in [-0.1, -0.05) is 29.3 Å². The standard InChI is InChI=1S/C16H23Cl2N3O2/c1-4-21(5-2)16(23)11-20(3)10-15(22)19-9-12-6-7-13(17)8-14(12)18/h6-8H,4-5,9-11H2,1-3H3,(H,19,22). The first-order valence-electron chi connectivity index (χ1n) is 7.54. The van der Waals surface area contributed by atoms with Gasteiger partial charge in [-0.3, -0.25) is 14.5 Å². The topological polar surface area (TPSA) is 52.7 Å². The number of amides is 2. The molecule has 1 aromatic carbocycles. The summed E-state index contributed by atoms with van der Waals surface area (Å²) in [6.45, 7) is 5.91. The van der Waals surface area contributed by atoms with Gasteiger partial charge in [0.05, 0.1) is 13.1 Å². The molecule has 0 heterocycles. The molecular weight excluding hydrogens is 337 g/mol. The fourth-order valence-electron chi connectivity index (χ4n) is 2.12. The number of nitrogens with zero attached hydrogens (tertiary/aromatic N) is 2. The summed E-state index contributed by atoms with van der Waals surface area (Å²) >= 11 is 11.9. The van der Waals surface area contributed by atoms with E-state index in [4.69, 9.17) is 23.2 Å². The van der Waals surface area contributed by atoms with E-state index in [-0.39, 0.29) is 24.9 Å². The molecule has 128 valence electrons. The largest absolute Gasteiger partial charge is 0.351 e. The molecule has 5 nitrogen and oxygen atoms in total. The van der Waals surface area contributed by atoms with E-state index in [0.717, 1.165) is 5.56 Å². The van der Waals surface area contributed by atoms with Crippen molar-refractivity contribution in [1.82, 2.24) is 15.1 Å². The number of hydrogen-bond acceptors (Lipinski definition) is 3. The normalized spacial score (nSPS) is 10.7. The highest BCUT2D eigenvalue weighted by Gasteiger charge is 2.14. The molecule has 7 heteroatoms. The summed E-state index contributed by atoms with van der Waals surface area (Å²) in [6, 6.07) is 5.14. The minimum atomic E-state index is -0.161. The summed E-state index contributed by atoms with van der Waals surface area (Å²) in [6.07, 6.45) is 0. The van der Waals surface area contributed by atoms with Crippen LogP contribution in [0.3, 0.4) is 0 Å². The first kappa shape index (κ1) is 19.7. The monoisotopic (exact) mass is 359 g/mol. The molecule has 0 saturated heterocycles. The summed E-state index contributed by atoms with van der Waals surface area (Å²) < 4.78 is 0. The van der Waals surface area contributed by atoms with Gasteiger partial charge in [0.1, 0.15) is 0 Å². The third kappa shape index (κ3) is 6.77. The second-order valence-electron chi connectivity index (χ2n) is 5.25. The highest BCUT2D eigenvalue weighted by Crippen LogP contribution is 2.20. The second-order valence-corrected chi connectivity index (χ2v) is 6.09. The molecule has 2 amide bonds. The third-order valence-corrected chi connectivity index (χ3v) is 4.01. The number of carbonyl (C=O) groups excluding carboxylic acids is 2. The van der Waals surface area contributed by atoms with Crippen LogP contribution in [0.4, 0.5) is 0 Å². The van der Waals surface area contributed by atoms with E-state index < -0.39 is 0 Å². The lowest BCUT2D eigenvalue weighted by Crippen LogP contribution is -2.42. The molecule has 1 aromatic rings. The second kappa shape index (κ2) is 9.75. The molecule has 23 heavy (non-hydrogen) atoms. The van der Waals surface area contributed by atoms with Crippen LogP contribution >= 0.6 is 23.2 Å². The van der Waals surface area contributed by atoms with Crippen LogP contribution in [-0.4, -0.2) is 54.8 Å². The van der Waals surface area contributed by atoms with Gasteiger partial charge in [0.2, 0.25) is 11.8 Å². The Morgan fingerprint density at radius 2 is 1.78 bits per heavy atom. The first-order chi connectivity index (χ1) is 10.9. The van der Waals surface area contributed by atoms with Crippen LogP contribution in [0.25, 0.3) is 0 Å². The summed E-state index contributed by atoms with van der Waals surface area (Å²) in [5, 5.41) is 3.86. The maximum Gasteiger partial charge on any atom is 0.236 e. The Labute approximate surface area is 147 Å². The molecule has 0 aliphatic rings. The van der Waals surface area contributed by atoms with E-state index in [1.165, 1.54) is 0 Å². The minimum absolute atomic E-state index is 0.0195. The fraction of sp³-hybridized carbons (Fsp3) is 0.500. The molecule has 0 aliphatic carbocycles. The Bertz CT molecular complexity index is 548. The van der Waals surface area contributed by atoms with Gasteiger partial charge in [-0.15, -0.1) is 0 Å². The van der Waals surface area contributed by atoms with Gasteiger partial charge in [-0.25, -0.2) is 0 Å². The van der Waals surface area contributed by atoms with Crippen molar-refractivity contribution in [2.75, 3.05) is 33.2 Å². The quantitative estimate of drug-likeness (QED) is 0.775. The van der Waals surface area contributed by atoms with Gasteiger partial charge < -0.3 is 10.2 Å². The molecule has 1 rings (SSSR count). The number of halogens is 2. The van der Waals surface area contributed by atoms with Crippen LogP contribution in [0.15, 0.2) is 18.2 Å². The third-order valence-electron chi connectivity index (χ3n) is 3.43. The predicted octanol–water partition coefficient (Wildman–Crippen LogP) is 2.41. The van der Waals surface area contributed by atoms with Gasteiger partial charge in [0, 0.05) is 29.7 Å². The smallest absolute Gasteiger partial charge is 0.236 e. The molecule has 0 fully saturated rings. The maximum atomic E-state index is 12.0. The summed E-state index contributed by atoms with van der Waals surface area (Å²) in [5.41, 5.74) is 0.797. The summed E-state index contributed by atoms with van der Waals surface area (Å²) in [4.78, 5) is 27.4. The zero-order chi connectivity index (χ0) is 17.4. The van der Waals surface area contributed by atoms with Crippen LogP contribution in [0.1, 0.15) is 19.4 Å². The number of likely N-dealkylation sites (N-methyl/N-ethyl adjacent to an activating group) is 2. The van der Waals surface area contributed by atoms with Crippen LogP contribution < -0.4 is 5.32 Å². The van der Waals surface area contributed by atoms with Crippen molar-refractivity contribution in [1.29, 1.82) is 0 Å². The zero-order valence-electron chi connectivity index (χ0n) is 13.7. The van der Waals surface area contributed by atoms with Crippen LogP contribution in [-0.2, 0) is 16.1 Å². The Hall–Kier alpha value is -1.30. The average molecular weight is 360 g/mol. The van der Waals surface area contributed by atoms with Crippen molar-refractivity contribution in [2.24, 2.45) is 0 Å². The average Bonchev–Trinajstić information content (AvgIpc) is 2.47. The molecule has 1 N–H and O–H groups in total. The molecule has 0 spiro atoms. The molecule has 0 aliphatic heterocycles. The van der Waals surface area contributed by atoms with E-state index in [0.29, 0.717) is 29.7 Å². The Morgan fingerprint density at radius 3 is 2.35 bits per heavy atom. The lowest BCUT2D eigenvalue weighted by atomic mass is 10.2. The lowest BCUT2D eigenvalue weighted by Gasteiger charge is -2.22. The maximum absolute atomic E-state index is 12.0. The van der Waals surface area contributed by atoms with Gasteiger partial charge in [0.15, 0.2) is 0 Å². The van der Waals surface area contributed by atoms with Crippen LogP contribution in [0.5, 0.6) is 0 Å². The minimum Gasteiger partial charge on any atom is -0.351 e. The number of nitrogens with one attached hydrogen (secondary N) is 1. The molecular formula is C16H23Cl2N3O2. The lowest BCUT2D eigenvalue weighted by molar-refractivity contribution is -0.132. The zero-order valence-corrected chi connectivity index (χ0v) is 15.2. The summed E-state index contributed by atoms with van der Waals surface area (Å²) in [5.74, 6) is -0.142. The van der Waals surface area contributed by atoms with Gasteiger partial charge in [-0.05, 0) is 38.6 Å². The number of carbonyl (C=O) groups is 2. The number of rotatable bonds is 8. The van der Waals surface area contributed by atoms with Crippen molar-refractivity contribution >= 4 is 35.0 Å². The first-order valence-corrected chi connectivity index (χ1v) is 8.29. The van der Waals surface area contributed by atoms with Gasteiger partial charge >= 0.3 is 0 Å². The molecule has 0 atom stereocenters. The van der Waals surface area contributed by atoms with E-state index in [1.54, 1.807) is 35.0 Å². The molecule has 0 unspecified atom stereocenters. The van der Waals surface area contributed by atoms with Crippen molar-refractivity contribution in [3.05, 3.63) is 33.8 Å². The Kier molecular flexibility index (Phi) is 8.37. The number of benzene rings is 1. The number of hydrogen-bond donors (Lipinski definition) is 1. The molecule has 0 radical (unpaired) electrons. The van der Waals surface area contributed by atoms with Crippen molar-refractivity contribution in [3.63, 3.8) is 0 Å². The van der Waals surface area contributed by atoms with Crippen LogP contribution in [0, 0.1) is 0 Å². The van der Waals surface area contributed by atoms with Crippen molar-refractivity contribution < 1.29 is 9.59 Å².